The molecule has 11 heteroatoms. The number of rotatable bonds is 7. The number of ether oxygens (including phenoxy) is 1. The molecule has 4 rings (SSSR count). The molecule has 0 spiro atoms. The molecule has 0 bridgehead atoms. The van der Waals surface area contributed by atoms with E-state index in [0.29, 0.717) is 24.5 Å². The van der Waals surface area contributed by atoms with Gasteiger partial charge in [0.05, 0.1) is 17.4 Å². The van der Waals surface area contributed by atoms with Crippen LogP contribution in [-0.2, 0) is 19.6 Å². The zero-order valence-corrected chi connectivity index (χ0v) is 19.2. The Kier molecular flexibility index (Phi) is 6.75. The van der Waals surface area contributed by atoms with Crippen LogP contribution in [0.3, 0.4) is 0 Å². The Balaban J connectivity index is 1.39. The summed E-state index contributed by atoms with van der Waals surface area (Å²) >= 11 is 0. The number of amides is 1. The Labute approximate surface area is 196 Å². The van der Waals surface area contributed by atoms with E-state index in [-0.39, 0.29) is 10.6 Å². The average molecular weight is 487 g/mol. The number of hydrogen-bond acceptors (Lipinski definition) is 6. The van der Waals surface area contributed by atoms with Gasteiger partial charge in [-0.15, -0.1) is 0 Å². The van der Waals surface area contributed by atoms with Gasteiger partial charge in [0.25, 0.3) is 5.91 Å². The molecule has 0 aliphatic carbocycles. The number of esters is 1. The normalized spacial score (nSPS) is 15.1. The maximum atomic E-state index is 13.2. The molecule has 1 N–H and O–H groups in total. The number of hydrogen-bond donors (Lipinski definition) is 1. The highest BCUT2D eigenvalue weighted by Gasteiger charge is 2.27. The maximum absolute atomic E-state index is 13.2. The summed E-state index contributed by atoms with van der Waals surface area (Å²) < 4.78 is 46.5. The van der Waals surface area contributed by atoms with Crippen molar-refractivity contribution in [3.05, 3.63) is 72.6 Å². The first kappa shape index (κ1) is 23.6. The standard InChI is InChI=1S/C23H23FN4O5S/c1-16(33-23(30)21-14-25-15-28(21)19-8-4-17(24)5-9-19)22(29)26-18-6-10-20(11-7-18)34(31,32)27-12-2-3-13-27/h4-11,14-16H,2-3,12-13H2,1H3,(H,26,29). The number of sulfonamides is 1. The summed E-state index contributed by atoms with van der Waals surface area (Å²) in [6.07, 6.45) is 3.21. The monoisotopic (exact) mass is 486 g/mol. The third-order valence-electron chi connectivity index (χ3n) is 5.43. The molecule has 178 valence electrons. The average Bonchev–Trinajstić information content (AvgIpc) is 3.53. The van der Waals surface area contributed by atoms with Crippen LogP contribution in [0.5, 0.6) is 0 Å². The first-order valence-electron chi connectivity index (χ1n) is 10.7. The van der Waals surface area contributed by atoms with E-state index in [9.17, 15) is 22.4 Å². The van der Waals surface area contributed by atoms with Gasteiger partial charge < -0.3 is 10.1 Å². The van der Waals surface area contributed by atoms with Gasteiger partial charge in [0, 0.05) is 24.5 Å². The lowest BCUT2D eigenvalue weighted by Gasteiger charge is -2.16. The van der Waals surface area contributed by atoms with Crippen molar-refractivity contribution < 1.29 is 27.1 Å². The number of imidazole rings is 1. The van der Waals surface area contributed by atoms with Crippen molar-refractivity contribution in [2.24, 2.45) is 0 Å². The summed E-state index contributed by atoms with van der Waals surface area (Å²) in [5.74, 6) is -1.78. The van der Waals surface area contributed by atoms with Crippen LogP contribution in [0.1, 0.15) is 30.3 Å². The van der Waals surface area contributed by atoms with Crippen molar-refractivity contribution in [3.8, 4) is 5.69 Å². The molecule has 1 atom stereocenters. The number of anilines is 1. The Morgan fingerprint density at radius 1 is 1.06 bits per heavy atom. The van der Waals surface area contributed by atoms with Crippen LogP contribution >= 0.6 is 0 Å². The predicted octanol–water partition coefficient (Wildman–Crippen LogP) is 2.98. The molecule has 2 heterocycles. The number of carbonyl (C=O) groups is 2. The summed E-state index contributed by atoms with van der Waals surface area (Å²) in [7, 11) is -3.55. The van der Waals surface area contributed by atoms with Crippen molar-refractivity contribution in [3.63, 3.8) is 0 Å². The van der Waals surface area contributed by atoms with Gasteiger partial charge in [0.2, 0.25) is 10.0 Å². The smallest absolute Gasteiger partial charge is 0.357 e. The minimum Gasteiger partial charge on any atom is -0.448 e. The molecule has 34 heavy (non-hydrogen) atoms. The predicted molar refractivity (Wildman–Crippen MR) is 121 cm³/mol. The van der Waals surface area contributed by atoms with Crippen molar-refractivity contribution in [2.45, 2.75) is 30.8 Å². The van der Waals surface area contributed by atoms with Gasteiger partial charge >= 0.3 is 5.97 Å². The topological polar surface area (TPSA) is 111 Å². The second kappa shape index (κ2) is 9.74. The highest BCUT2D eigenvalue weighted by molar-refractivity contribution is 7.89. The van der Waals surface area contributed by atoms with E-state index in [4.69, 9.17) is 4.74 Å². The number of aromatic nitrogens is 2. The summed E-state index contributed by atoms with van der Waals surface area (Å²) in [6.45, 7) is 2.42. The van der Waals surface area contributed by atoms with Crippen molar-refractivity contribution in [2.75, 3.05) is 18.4 Å². The minimum atomic E-state index is -3.55. The van der Waals surface area contributed by atoms with Crippen LogP contribution in [0.25, 0.3) is 5.69 Å². The van der Waals surface area contributed by atoms with Crippen molar-refractivity contribution in [1.29, 1.82) is 0 Å². The lowest BCUT2D eigenvalue weighted by atomic mass is 10.3. The highest BCUT2D eigenvalue weighted by Crippen LogP contribution is 2.22. The van der Waals surface area contributed by atoms with Crippen LogP contribution < -0.4 is 5.32 Å². The molecule has 1 unspecified atom stereocenters. The van der Waals surface area contributed by atoms with Gasteiger partial charge in [0.15, 0.2) is 11.8 Å². The lowest BCUT2D eigenvalue weighted by Crippen LogP contribution is -2.30. The molecule has 0 saturated carbocycles. The Morgan fingerprint density at radius 2 is 1.71 bits per heavy atom. The van der Waals surface area contributed by atoms with Gasteiger partial charge in [-0.3, -0.25) is 9.36 Å². The molecule has 1 aliphatic rings. The summed E-state index contributed by atoms with van der Waals surface area (Å²) in [4.78, 5) is 29.2. The highest BCUT2D eigenvalue weighted by atomic mass is 32.2. The zero-order valence-electron chi connectivity index (χ0n) is 18.3. The molecule has 1 saturated heterocycles. The third kappa shape index (κ3) is 5.00. The van der Waals surface area contributed by atoms with E-state index in [1.807, 2.05) is 0 Å². The molecular weight excluding hydrogens is 463 g/mol. The second-order valence-corrected chi connectivity index (χ2v) is 9.74. The molecule has 1 amide bonds. The van der Waals surface area contributed by atoms with E-state index in [1.165, 1.54) is 76.9 Å². The van der Waals surface area contributed by atoms with Gasteiger partial charge in [-0.1, -0.05) is 0 Å². The number of carbonyl (C=O) groups excluding carboxylic acids is 2. The maximum Gasteiger partial charge on any atom is 0.357 e. The van der Waals surface area contributed by atoms with Gasteiger partial charge in [-0.25, -0.2) is 22.6 Å². The largest absolute Gasteiger partial charge is 0.448 e. The molecule has 3 aromatic rings. The number of halogens is 1. The number of nitrogens with zero attached hydrogens (tertiary/aromatic N) is 3. The Hall–Kier alpha value is -3.57. The first-order valence-corrected chi connectivity index (χ1v) is 12.1. The van der Waals surface area contributed by atoms with Crippen molar-refractivity contribution >= 4 is 27.6 Å². The molecule has 9 nitrogen and oxygen atoms in total. The molecule has 1 aromatic heterocycles. The summed E-state index contributed by atoms with van der Waals surface area (Å²) in [5, 5.41) is 2.60. The fraction of sp³-hybridized carbons (Fsp3) is 0.261. The SMILES string of the molecule is CC(OC(=O)c1cncn1-c1ccc(F)cc1)C(=O)Nc1ccc(S(=O)(=O)N2CCCC2)cc1. The van der Waals surface area contributed by atoms with Crippen LogP contribution in [0.4, 0.5) is 10.1 Å². The molecule has 1 fully saturated rings. The first-order chi connectivity index (χ1) is 16.3. The van der Waals surface area contributed by atoms with Gasteiger partial charge in [-0.2, -0.15) is 4.31 Å². The fourth-order valence-electron chi connectivity index (χ4n) is 3.56. The van der Waals surface area contributed by atoms with Crippen LogP contribution in [-0.4, -0.2) is 53.3 Å². The zero-order chi connectivity index (χ0) is 24.3. The molecule has 2 aromatic carbocycles. The third-order valence-corrected chi connectivity index (χ3v) is 7.34. The minimum absolute atomic E-state index is 0.0720. The number of nitrogens with one attached hydrogen (secondary N) is 1. The van der Waals surface area contributed by atoms with E-state index in [1.54, 1.807) is 0 Å². The van der Waals surface area contributed by atoms with Gasteiger partial charge in [0.1, 0.15) is 5.82 Å². The Morgan fingerprint density at radius 3 is 2.35 bits per heavy atom. The van der Waals surface area contributed by atoms with Crippen LogP contribution in [0, 0.1) is 5.82 Å². The molecular formula is C23H23FN4O5S. The number of benzene rings is 2. The summed E-state index contributed by atoms with van der Waals surface area (Å²) in [5.41, 5.74) is 0.944. The summed E-state index contributed by atoms with van der Waals surface area (Å²) in [6, 6.07) is 11.3. The van der Waals surface area contributed by atoms with E-state index >= 15 is 0 Å². The van der Waals surface area contributed by atoms with Crippen molar-refractivity contribution in [1.82, 2.24) is 13.9 Å². The van der Waals surface area contributed by atoms with E-state index < -0.39 is 33.8 Å². The molecule has 0 radical (unpaired) electrons. The van der Waals surface area contributed by atoms with E-state index in [2.05, 4.69) is 10.3 Å². The van der Waals surface area contributed by atoms with Crippen LogP contribution in [0.2, 0.25) is 0 Å². The quantitative estimate of drug-likeness (QED) is 0.514. The van der Waals surface area contributed by atoms with E-state index in [0.717, 1.165) is 12.8 Å². The fourth-order valence-corrected chi connectivity index (χ4v) is 5.08. The Bertz CT molecular complexity index is 1280. The van der Waals surface area contributed by atoms with Crippen LogP contribution in [0.15, 0.2) is 66.0 Å². The second-order valence-electron chi connectivity index (χ2n) is 7.80. The lowest BCUT2D eigenvalue weighted by molar-refractivity contribution is -0.123. The molecule has 1 aliphatic heterocycles. The van der Waals surface area contributed by atoms with Gasteiger partial charge in [-0.05, 0) is 68.3 Å².